The largest absolute Gasteiger partial charge is 0.490 e. The lowest BCUT2D eigenvalue weighted by molar-refractivity contribution is -0.0620. The lowest BCUT2D eigenvalue weighted by atomic mass is 9.61. The Hall–Kier alpha value is -1.02. The van der Waals surface area contributed by atoms with Gasteiger partial charge in [-0.05, 0) is 36.0 Å². The molecule has 2 atom stereocenters. The van der Waals surface area contributed by atoms with Gasteiger partial charge in [0, 0.05) is 17.9 Å². The molecule has 20 heavy (non-hydrogen) atoms. The number of rotatable bonds is 2. The average molecular weight is 273 g/mol. The van der Waals surface area contributed by atoms with E-state index in [2.05, 4.69) is 45.0 Å². The standard InChI is InChI=1S/C18H27NO/c1-17(2,3)13-7-6-8-14(11-13)20-16-12-15(19)18(16)9-4-5-10-18/h6-8,11,15-16H,4-5,9-10,12,19H2,1-3H3. The van der Waals surface area contributed by atoms with E-state index in [1.54, 1.807) is 0 Å². The van der Waals surface area contributed by atoms with E-state index in [0.717, 1.165) is 12.2 Å². The van der Waals surface area contributed by atoms with E-state index in [9.17, 15) is 0 Å². The molecule has 0 aromatic heterocycles. The van der Waals surface area contributed by atoms with Gasteiger partial charge in [0.2, 0.25) is 0 Å². The molecule has 0 bridgehead atoms. The predicted octanol–water partition coefficient (Wildman–Crippen LogP) is 4.02. The second kappa shape index (κ2) is 4.77. The van der Waals surface area contributed by atoms with Crippen LogP contribution in [0.15, 0.2) is 24.3 Å². The van der Waals surface area contributed by atoms with Gasteiger partial charge < -0.3 is 10.5 Å². The molecule has 2 heteroatoms. The van der Waals surface area contributed by atoms with Crippen LogP contribution in [0.2, 0.25) is 0 Å². The highest BCUT2D eigenvalue weighted by atomic mass is 16.5. The van der Waals surface area contributed by atoms with Crippen LogP contribution < -0.4 is 10.5 Å². The van der Waals surface area contributed by atoms with E-state index < -0.39 is 0 Å². The van der Waals surface area contributed by atoms with Crippen LogP contribution in [0, 0.1) is 5.41 Å². The maximum absolute atomic E-state index is 6.31. The third-order valence-corrected chi connectivity index (χ3v) is 5.36. The Labute approximate surface area is 122 Å². The summed E-state index contributed by atoms with van der Waals surface area (Å²) in [4.78, 5) is 0. The number of nitrogens with two attached hydrogens (primary N) is 1. The number of hydrogen-bond acceptors (Lipinski definition) is 2. The first-order valence-corrected chi connectivity index (χ1v) is 7.95. The van der Waals surface area contributed by atoms with Crippen LogP contribution in [0.1, 0.15) is 58.4 Å². The van der Waals surface area contributed by atoms with Gasteiger partial charge in [-0.25, -0.2) is 0 Å². The fourth-order valence-corrected chi connectivity index (χ4v) is 3.87. The summed E-state index contributed by atoms with van der Waals surface area (Å²) in [7, 11) is 0. The normalized spacial score (nSPS) is 28.4. The molecule has 1 aromatic rings. The van der Waals surface area contributed by atoms with Gasteiger partial charge in [0.05, 0.1) is 0 Å². The molecule has 1 aromatic carbocycles. The molecule has 0 aliphatic heterocycles. The van der Waals surface area contributed by atoms with E-state index >= 15 is 0 Å². The fraction of sp³-hybridized carbons (Fsp3) is 0.667. The van der Waals surface area contributed by atoms with Crippen LogP contribution in [0.5, 0.6) is 5.75 Å². The Morgan fingerprint density at radius 2 is 1.90 bits per heavy atom. The molecule has 2 aliphatic carbocycles. The smallest absolute Gasteiger partial charge is 0.120 e. The first kappa shape index (κ1) is 13.9. The predicted molar refractivity (Wildman–Crippen MR) is 83.1 cm³/mol. The molecular formula is C18H27NO. The van der Waals surface area contributed by atoms with Gasteiger partial charge in [-0.1, -0.05) is 45.7 Å². The van der Waals surface area contributed by atoms with Gasteiger partial charge in [0.1, 0.15) is 11.9 Å². The van der Waals surface area contributed by atoms with Gasteiger partial charge in [-0.15, -0.1) is 0 Å². The summed E-state index contributed by atoms with van der Waals surface area (Å²) in [6, 6.07) is 8.93. The quantitative estimate of drug-likeness (QED) is 0.883. The summed E-state index contributed by atoms with van der Waals surface area (Å²) in [5.74, 6) is 1.01. The van der Waals surface area contributed by atoms with Crippen LogP contribution in [-0.2, 0) is 5.41 Å². The number of benzene rings is 1. The van der Waals surface area contributed by atoms with Crippen LogP contribution in [0.25, 0.3) is 0 Å². The molecule has 110 valence electrons. The van der Waals surface area contributed by atoms with Crippen LogP contribution in [0.3, 0.4) is 0 Å². The van der Waals surface area contributed by atoms with Crippen LogP contribution in [0.4, 0.5) is 0 Å². The Morgan fingerprint density at radius 1 is 1.20 bits per heavy atom. The molecule has 1 spiro atoms. The van der Waals surface area contributed by atoms with Crippen molar-refractivity contribution in [2.45, 2.75) is 70.4 Å². The molecule has 0 amide bonds. The van der Waals surface area contributed by atoms with Gasteiger partial charge in [-0.3, -0.25) is 0 Å². The van der Waals surface area contributed by atoms with Gasteiger partial charge in [0.25, 0.3) is 0 Å². The van der Waals surface area contributed by atoms with E-state index in [-0.39, 0.29) is 10.8 Å². The zero-order valence-corrected chi connectivity index (χ0v) is 13.0. The molecule has 2 nitrogen and oxygen atoms in total. The van der Waals surface area contributed by atoms with Crippen molar-refractivity contribution in [2.24, 2.45) is 11.1 Å². The maximum atomic E-state index is 6.31. The first-order chi connectivity index (χ1) is 9.42. The molecule has 2 N–H and O–H groups in total. The summed E-state index contributed by atoms with van der Waals surface area (Å²) in [6.45, 7) is 6.72. The molecule has 0 radical (unpaired) electrons. The molecule has 0 heterocycles. The topological polar surface area (TPSA) is 35.2 Å². The summed E-state index contributed by atoms with van der Waals surface area (Å²) in [5, 5.41) is 0. The highest BCUT2D eigenvalue weighted by Gasteiger charge is 2.56. The van der Waals surface area contributed by atoms with E-state index in [1.165, 1.54) is 31.2 Å². The average Bonchev–Trinajstić information content (AvgIpc) is 2.90. The summed E-state index contributed by atoms with van der Waals surface area (Å²) >= 11 is 0. The second-order valence-electron chi connectivity index (χ2n) is 7.67. The molecule has 2 saturated carbocycles. The fourth-order valence-electron chi connectivity index (χ4n) is 3.87. The molecule has 0 saturated heterocycles. The number of hydrogen-bond donors (Lipinski definition) is 1. The van der Waals surface area contributed by atoms with E-state index in [1.807, 2.05) is 0 Å². The van der Waals surface area contributed by atoms with Crippen molar-refractivity contribution in [3.63, 3.8) is 0 Å². The molecular weight excluding hydrogens is 246 g/mol. The zero-order valence-electron chi connectivity index (χ0n) is 13.0. The second-order valence-corrected chi connectivity index (χ2v) is 7.67. The minimum absolute atomic E-state index is 0.167. The Balaban J connectivity index is 1.76. The van der Waals surface area contributed by atoms with Gasteiger partial charge in [0.15, 0.2) is 0 Å². The van der Waals surface area contributed by atoms with Crippen molar-refractivity contribution in [1.82, 2.24) is 0 Å². The zero-order chi connectivity index (χ0) is 14.4. The lowest BCUT2D eigenvalue weighted by Gasteiger charge is -2.52. The highest BCUT2D eigenvalue weighted by molar-refractivity contribution is 5.33. The first-order valence-electron chi connectivity index (χ1n) is 7.95. The van der Waals surface area contributed by atoms with Crippen molar-refractivity contribution in [3.8, 4) is 5.75 Å². The number of ether oxygens (including phenoxy) is 1. The van der Waals surface area contributed by atoms with Crippen LogP contribution in [-0.4, -0.2) is 12.1 Å². The third kappa shape index (κ3) is 2.24. The van der Waals surface area contributed by atoms with E-state index in [0.29, 0.717) is 12.1 Å². The summed E-state index contributed by atoms with van der Waals surface area (Å²) in [5.41, 5.74) is 8.06. The van der Waals surface area contributed by atoms with Crippen molar-refractivity contribution in [1.29, 1.82) is 0 Å². The van der Waals surface area contributed by atoms with E-state index in [4.69, 9.17) is 10.5 Å². The summed E-state index contributed by atoms with van der Waals surface area (Å²) < 4.78 is 6.31. The Kier molecular flexibility index (Phi) is 3.32. The Morgan fingerprint density at radius 3 is 2.50 bits per heavy atom. The van der Waals surface area contributed by atoms with Crippen LogP contribution >= 0.6 is 0 Å². The highest BCUT2D eigenvalue weighted by Crippen LogP contribution is 2.53. The minimum Gasteiger partial charge on any atom is -0.490 e. The molecule has 3 rings (SSSR count). The molecule has 2 fully saturated rings. The lowest BCUT2D eigenvalue weighted by Crippen LogP contribution is -2.62. The van der Waals surface area contributed by atoms with Crippen molar-refractivity contribution >= 4 is 0 Å². The Bertz CT molecular complexity index is 482. The van der Waals surface area contributed by atoms with Crippen molar-refractivity contribution in [2.75, 3.05) is 0 Å². The third-order valence-electron chi connectivity index (χ3n) is 5.36. The summed E-state index contributed by atoms with van der Waals surface area (Å²) in [6.07, 6.45) is 6.47. The van der Waals surface area contributed by atoms with Crippen molar-refractivity contribution in [3.05, 3.63) is 29.8 Å². The molecule has 2 unspecified atom stereocenters. The van der Waals surface area contributed by atoms with Gasteiger partial charge in [-0.2, -0.15) is 0 Å². The minimum atomic E-state index is 0.167. The maximum Gasteiger partial charge on any atom is 0.120 e. The molecule has 2 aliphatic rings. The SMILES string of the molecule is CC(C)(C)c1cccc(OC2CC(N)C23CCCC3)c1. The monoisotopic (exact) mass is 273 g/mol. The van der Waals surface area contributed by atoms with Crippen molar-refractivity contribution < 1.29 is 4.74 Å². The van der Waals surface area contributed by atoms with Gasteiger partial charge >= 0.3 is 0 Å².